The van der Waals surface area contributed by atoms with E-state index in [1.807, 2.05) is 0 Å². The van der Waals surface area contributed by atoms with E-state index in [1.165, 1.54) is 22.0 Å². The summed E-state index contributed by atoms with van der Waals surface area (Å²) < 4.78 is 1.37. The number of anilines is 2. The minimum absolute atomic E-state index is 0.0220. The number of hydrogen-bond donors (Lipinski definition) is 2. The van der Waals surface area contributed by atoms with Gasteiger partial charge in [-0.15, -0.1) is 0 Å². The van der Waals surface area contributed by atoms with Gasteiger partial charge in [-0.05, 0) is 24.3 Å². The van der Waals surface area contributed by atoms with Crippen LogP contribution in [-0.4, -0.2) is 28.6 Å². The summed E-state index contributed by atoms with van der Waals surface area (Å²) in [6.45, 7) is 0.0220. The summed E-state index contributed by atoms with van der Waals surface area (Å²) in [4.78, 5) is 24.5. The third-order valence-corrected chi connectivity index (χ3v) is 2.87. The molecule has 4 N–H and O–H groups in total. The second-order valence-electron chi connectivity index (χ2n) is 4.34. The van der Waals surface area contributed by atoms with Crippen molar-refractivity contribution in [1.82, 2.24) is 9.78 Å². The number of hydrogen-bond acceptors (Lipinski definition) is 4. The predicted molar refractivity (Wildman–Crippen MR) is 75.0 cm³/mol. The molecule has 0 saturated heterocycles. The molecule has 0 saturated carbocycles. The van der Waals surface area contributed by atoms with Gasteiger partial charge in [0.05, 0.1) is 11.8 Å². The van der Waals surface area contributed by atoms with E-state index in [0.29, 0.717) is 5.69 Å². The summed E-state index contributed by atoms with van der Waals surface area (Å²) in [7, 11) is 1.66. The number of likely N-dealkylation sites (N-methyl/N-ethyl adjacent to an activating group) is 1. The van der Waals surface area contributed by atoms with E-state index in [-0.39, 0.29) is 18.0 Å². The highest BCUT2D eigenvalue weighted by Crippen LogP contribution is 2.15. The number of nitrogens with two attached hydrogens (primary N) is 2. The fourth-order valence-electron chi connectivity index (χ4n) is 1.66. The second-order valence-corrected chi connectivity index (χ2v) is 4.34. The summed E-state index contributed by atoms with van der Waals surface area (Å²) in [6.07, 6.45) is 2.77. The van der Waals surface area contributed by atoms with Crippen LogP contribution in [0.4, 0.5) is 11.4 Å². The quantitative estimate of drug-likeness (QED) is 0.777. The van der Waals surface area contributed by atoms with Crippen LogP contribution in [0.25, 0.3) is 0 Å². The van der Waals surface area contributed by atoms with Crippen molar-refractivity contribution < 1.29 is 9.59 Å². The first-order valence-electron chi connectivity index (χ1n) is 5.91. The van der Waals surface area contributed by atoms with E-state index in [9.17, 15) is 9.59 Å². The molecule has 7 heteroatoms. The maximum atomic E-state index is 12.1. The Bertz CT molecular complexity index is 632. The van der Waals surface area contributed by atoms with E-state index in [1.54, 1.807) is 31.3 Å². The number of amides is 2. The summed E-state index contributed by atoms with van der Waals surface area (Å²) in [6, 6.07) is 6.95. The van der Waals surface area contributed by atoms with Crippen LogP contribution in [0, 0.1) is 0 Å². The van der Waals surface area contributed by atoms with E-state index < -0.39 is 5.91 Å². The Morgan fingerprint density at radius 3 is 2.50 bits per heavy atom. The van der Waals surface area contributed by atoms with Crippen molar-refractivity contribution in [3.8, 4) is 0 Å². The number of nitrogens with zero attached hydrogens (tertiary/aromatic N) is 3. The van der Waals surface area contributed by atoms with Gasteiger partial charge in [0, 0.05) is 24.6 Å². The van der Waals surface area contributed by atoms with Crippen molar-refractivity contribution in [3.05, 3.63) is 42.2 Å². The lowest BCUT2D eigenvalue weighted by molar-refractivity contribution is -0.119. The molecule has 2 rings (SSSR count). The highest BCUT2D eigenvalue weighted by molar-refractivity contribution is 5.94. The molecule has 0 bridgehead atoms. The fourth-order valence-corrected chi connectivity index (χ4v) is 1.66. The van der Waals surface area contributed by atoms with Crippen molar-refractivity contribution in [2.45, 2.75) is 6.54 Å². The lowest BCUT2D eigenvalue weighted by Gasteiger charge is -2.17. The van der Waals surface area contributed by atoms with E-state index in [4.69, 9.17) is 11.5 Å². The Balaban J connectivity index is 2.07. The molecule has 1 aromatic heterocycles. The van der Waals surface area contributed by atoms with Crippen LogP contribution in [0.3, 0.4) is 0 Å². The maximum absolute atomic E-state index is 12.1. The maximum Gasteiger partial charge on any atom is 0.251 e. The van der Waals surface area contributed by atoms with E-state index in [2.05, 4.69) is 5.10 Å². The van der Waals surface area contributed by atoms with Gasteiger partial charge >= 0.3 is 0 Å². The van der Waals surface area contributed by atoms with E-state index >= 15 is 0 Å². The largest absolute Gasteiger partial charge is 0.399 e. The van der Waals surface area contributed by atoms with Crippen LogP contribution >= 0.6 is 0 Å². The molecule has 20 heavy (non-hydrogen) atoms. The highest BCUT2D eigenvalue weighted by atomic mass is 16.2. The molecule has 104 valence electrons. The first-order chi connectivity index (χ1) is 9.47. The predicted octanol–water partition coefficient (Wildman–Crippen LogP) is 0.227. The molecule has 0 aliphatic carbocycles. The average molecular weight is 273 g/mol. The van der Waals surface area contributed by atoms with Crippen LogP contribution in [0.15, 0.2) is 36.7 Å². The van der Waals surface area contributed by atoms with Gasteiger partial charge in [0.1, 0.15) is 6.54 Å². The van der Waals surface area contributed by atoms with Crippen molar-refractivity contribution >= 4 is 23.2 Å². The molecule has 2 aromatic rings. The standard InChI is InChI=1S/C13H15N5O2/c1-17(11-4-2-10(14)3-5-11)12(19)8-18-7-9(6-16-18)13(15)20/h2-7H,8,14H2,1H3,(H2,15,20). The Morgan fingerprint density at radius 1 is 1.30 bits per heavy atom. The van der Waals surface area contributed by atoms with Crippen LogP contribution < -0.4 is 16.4 Å². The average Bonchev–Trinajstić information content (AvgIpc) is 2.87. The minimum Gasteiger partial charge on any atom is -0.399 e. The summed E-state index contributed by atoms with van der Waals surface area (Å²) in [5.74, 6) is -0.746. The number of benzene rings is 1. The van der Waals surface area contributed by atoms with Gasteiger partial charge in [-0.3, -0.25) is 14.3 Å². The number of nitrogen functional groups attached to an aromatic ring is 1. The van der Waals surface area contributed by atoms with Gasteiger partial charge in [-0.1, -0.05) is 0 Å². The van der Waals surface area contributed by atoms with Gasteiger partial charge in [0.2, 0.25) is 5.91 Å². The SMILES string of the molecule is CN(C(=O)Cn1cc(C(N)=O)cn1)c1ccc(N)cc1. The normalized spacial score (nSPS) is 10.2. The number of primary amides is 1. The molecule has 0 aliphatic heterocycles. The topological polar surface area (TPSA) is 107 Å². The lowest BCUT2D eigenvalue weighted by Crippen LogP contribution is -2.30. The van der Waals surface area contributed by atoms with Gasteiger partial charge in [0.25, 0.3) is 5.91 Å². The van der Waals surface area contributed by atoms with Gasteiger partial charge in [-0.2, -0.15) is 5.10 Å². The van der Waals surface area contributed by atoms with E-state index in [0.717, 1.165) is 5.69 Å². The Labute approximate surface area is 115 Å². The Morgan fingerprint density at radius 2 is 1.95 bits per heavy atom. The van der Waals surface area contributed by atoms with Gasteiger partial charge < -0.3 is 16.4 Å². The van der Waals surface area contributed by atoms with Crippen molar-refractivity contribution in [2.24, 2.45) is 5.73 Å². The first-order valence-corrected chi connectivity index (χ1v) is 5.91. The molecule has 0 fully saturated rings. The smallest absolute Gasteiger partial charge is 0.251 e. The lowest BCUT2D eigenvalue weighted by atomic mass is 10.2. The highest BCUT2D eigenvalue weighted by Gasteiger charge is 2.13. The van der Waals surface area contributed by atoms with Crippen LogP contribution in [0.5, 0.6) is 0 Å². The first kappa shape index (κ1) is 13.6. The molecular formula is C13H15N5O2. The Hall–Kier alpha value is -2.83. The zero-order chi connectivity index (χ0) is 14.7. The van der Waals surface area contributed by atoms with Crippen molar-refractivity contribution in [3.63, 3.8) is 0 Å². The third-order valence-electron chi connectivity index (χ3n) is 2.87. The number of aromatic nitrogens is 2. The second kappa shape index (κ2) is 5.43. The third kappa shape index (κ3) is 2.94. The molecule has 0 unspecified atom stereocenters. The van der Waals surface area contributed by atoms with Gasteiger partial charge in [-0.25, -0.2) is 0 Å². The van der Waals surface area contributed by atoms with Crippen molar-refractivity contribution in [1.29, 1.82) is 0 Å². The molecule has 1 heterocycles. The molecule has 2 amide bonds. The molecule has 0 radical (unpaired) electrons. The van der Waals surface area contributed by atoms with Crippen LogP contribution in [0.2, 0.25) is 0 Å². The molecule has 1 aromatic carbocycles. The zero-order valence-electron chi connectivity index (χ0n) is 11.0. The molecule has 7 nitrogen and oxygen atoms in total. The monoisotopic (exact) mass is 273 g/mol. The molecule has 0 aliphatic rings. The van der Waals surface area contributed by atoms with Crippen LogP contribution in [0.1, 0.15) is 10.4 Å². The molecule has 0 spiro atoms. The summed E-state index contributed by atoms with van der Waals surface area (Å²) in [5, 5.41) is 3.92. The minimum atomic E-state index is -0.574. The molecular weight excluding hydrogens is 258 g/mol. The number of rotatable bonds is 4. The summed E-state index contributed by atoms with van der Waals surface area (Å²) in [5.41, 5.74) is 12.4. The Kier molecular flexibility index (Phi) is 3.69. The number of carbonyl (C=O) groups is 2. The zero-order valence-corrected chi connectivity index (χ0v) is 11.0. The van der Waals surface area contributed by atoms with Crippen molar-refractivity contribution in [2.75, 3.05) is 17.7 Å². The molecule has 0 atom stereocenters. The number of carbonyl (C=O) groups excluding carboxylic acids is 2. The summed E-state index contributed by atoms with van der Waals surface area (Å²) >= 11 is 0. The van der Waals surface area contributed by atoms with Crippen LogP contribution in [-0.2, 0) is 11.3 Å². The van der Waals surface area contributed by atoms with Gasteiger partial charge in [0.15, 0.2) is 0 Å². The fraction of sp³-hybridized carbons (Fsp3) is 0.154.